The molecule has 0 saturated heterocycles. The van der Waals surface area contributed by atoms with Crippen molar-refractivity contribution in [1.82, 2.24) is 4.98 Å². The highest BCUT2D eigenvalue weighted by Crippen LogP contribution is 2.22. The number of aromatic nitrogens is 1. The van der Waals surface area contributed by atoms with Crippen molar-refractivity contribution in [2.45, 2.75) is 50.9 Å². The van der Waals surface area contributed by atoms with Crippen molar-refractivity contribution in [2.24, 2.45) is 5.73 Å². The van der Waals surface area contributed by atoms with E-state index in [9.17, 15) is 0 Å². The Morgan fingerprint density at radius 3 is 3.00 bits per heavy atom. The molecule has 2 N–H and O–H groups in total. The number of methoxy groups -OCH3 is 1. The molecule has 1 aliphatic carbocycles. The van der Waals surface area contributed by atoms with E-state index >= 15 is 0 Å². The van der Waals surface area contributed by atoms with Gasteiger partial charge in [0.1, 0.15) is 0 Å². The number of hydrogen-bond donors (Lipinski definition) is 1. The molecular weight excluding hydrogens is 228 g/mol. The fourth-order valence-corrected chi connectivity index (χ4v) is 2.42. The molecule has 1 aromatic heterocycles. The largest absolute Gasteiger partial charge is 0.481 e. The molecule has 4 nitrogen and oxygen atoms in total. The molecule has 4 heteroatoms. The van der Waals surface area contributed by atoms with Gasteiger partial charge in [-0.1, -0.05) is 19.3 Å². The minimum absolute atomic E-state index is 0.162. The number of ether oxygens (including phenoxy) is 2. The fourth-order valence-electron chi connectivity index (χ4n) is 2.42. The molecule has 1 saturated carbocycles. The molecular formula is C14H22N2O2. The minimum atomic E-state index is 0.162. The summed E-state index contributed by atoms with van der Waals surface area (Å²) in [6, 6.07) is 4.04. The third-order valence-corrected chi connectivity index (χ3v) is 3.50. The van der Waals surface area contributed by atoms with Crippen LogP contribution < -0.4 is 10.5 Å². The molecule has 0 radical (unpaired) electrons. The molecule has 18 heavy (non-hydrogen) atoms. The molecule has 2 unspecified atom stereocenters. The normalized spacial score (nSPS) is 24.6. The smallest absolute Gasteiger partial charge is 0.218 e. The van der Waals surface area contributed by atoms with Crippen LogP contribution in [0.4, 0.5) is 0 Å². The number of pyridine rings is 1. The Hall–Kier alpha value is -1.13. The molecule has 1 aromatic rings. The van der Waals surface area contributed by atoms with Crippen LogP contribution in [0.2, 0.25) is 0 Å². The number of rotatable bonds is 4. The van der Waals surface area contributed by atoms with Gasteiger partial charge in [0.05, 0.1) is 19.8 Å². The monoisotopic (exact) mass is 250 g/mol. The van der Waals surface area contributed by atoms with Crippen LogP contribution in [0, 0.1) is 0 Å². The number of nitrogens with zero attached hydrogens (tertiary/aromatic N) is 1. The maximum Gasteiger partial charge on any atom is 0.218 e. The van der Waals surface area contributed by atoms with Crippen molar-refractivity contribution in [1.29, 1.82) is 0 Å². The summed E-state index contributed by atoms with van der Waals surface area (Å²) in [5.74, 6) is 0.639. The average molecular weight is 250 g/mol. The van der Waals surface area contributed by atoms with Crippen molar-refractivity contribution < 1.29 is 9.47 Å². The van der Waals surface area contributed by atoms with Crippen molar-refractivity contribution in [3.63, 3.8) is 0 Å². The van der Waals surface area contributed by atoms with E-state index in [2.05, 4.69) is 4.98 Å². The predicted octanol–water partition coefficient (Wildman–Crippen LogP) is 2.27. The number of nitrogens with two attached hydrogens (primary N) is 1. The summed E-state index contributed by atoms with van der Waals surface area (Å²) in [4.78, 5) is 4.16. The lowest BCUT2D eigenvalue weighted by Gasteiger charge is -2.22. The highest BCUT2D eigenvalue weighted by atomic mass is 16.5. The Labute approximate surface area is 108 Å². The van der Waals surface area contributed by atoms with Gasteiger partial charge in [-0.2, -0.15) is 0 Å². The van der Waals surface area contributed by atoms with Crippen molar-refractivity contribution in [3.8, 4) is 5.88 Å². The SMILES string of the molecule is COc1ncccc1COC1CCCCCC1N. The van der Waals surface area contributed by atoms with Crippen LogP contribution in [0.1, 0.15) is 37.7 Å². The van der Waals surface area contributed by atoms with Crippen LogP contribution >= 0.6 is 0 Å². The van der Waals surface area contributed by atoms with Gasteiger partial charge in [0.2, 0.25) is 5.88 Å². The summed E-state index contributed by atoms with van der Waals surface area (Å²) in [5.41, 5.74) is 7.12. The van der Waals surface area contributed by atoms with E-state index in [0.717, 1.165) is 18.4 Å². The van der Waals surface area contributed by atoms with E-state index in [1.807, 2.05) is 12.1 Å². The Morgan fingerprint density at radius 2 is 2.17 bits per heavy atom. The van der Waals surface area contributed by atoms with E-state index in [-0.39, 0.29) is 12.1 Å². The van der Waals surface area contributed by atoms with E-state index in [0.29, 0.717) is 12.5 Å². The van der Waals surface area contributed by atoms with Gasteiger partial charge < -0.3 is 15.2 Å². The zero-order chi connectivity index (χ0) is 12.8. The molecule has 100 valence electrons. The zero-order valence-corrected chi connectivity index (χ0v) is 11.0. The average Bonchev–Trinajstić information content (AvgIpc) is 2.61. The second kappa shape index (κ2) is 6.71. The molecule has 0 aliphatic heterocycles. The van der Waals surface area contributed by atoms with Crippen molar-refractivity contribution in [3.05, 3.63) is 23.9 Å². The minimum Gasteiger partial charge on any atom is -0.481 e. The van der Waals surface area contributed by atoms with Gasteiger partial charge in [-0.25, -0.2) is 4.98 Å². The first kappa shape index (κ1) is 13.3. The third kappa shape index (κ3) is 3.43. The molecule has 2 rings (SSSR count). The first-order chi connectivity index (χ1) is 8.81. The third-order valence-electron chi connectivity index (χ3n) is 3.50. The van der Waals surface area contributed by atoms with Gasteiger partial charge in [-0.05, 0) is 25.0 Å². The zero-order valence-electron chi connectivity index (χ0n) is 11.0. The molecule has 1 heterocycles. The highest BCUT2D eigenvalue weighted by molar-refractivity contribution is 5.24. The van der Waals surface area contributed by atoms with Gasteiger partial charge in [0.25, 0.3) is 0 Å². The molecule has 1 aliphatic rings. The standard InChI is InChI=1S/C14H22N2O2/c1-17-14-11(6-5-9-16-14)10-18-13-8-4-2-3-7-12(13)15/h5-6,9,12-13H,2-4,7-8,10,15H2,1H3. The summed E-state index contributed by atoms with van der Waals surface area (Å²) in [6.45, 7) is 0.523. The highest BCUT2D eigenvalue weighted by Gasteiger charge is 2.21. The van der Waals surface area contributed by atoms with Crippen LogP contribution in [0.5, 0.6) is 5.88 Å². The van der Waals surface area contributed by atoms with Crippen molar-refractivity contribution >= 4 is 0 Å². The van der Waals surface area contributed by atoms with Gasteiger partial charge in [-0.15, -0.1) is 0 Å². The van der Waals surface area contributed by atoms with Crippen LogP contribution in [0.25, 0.3) is 0 Å². The molecule has 0 bridgehead atoms. The summed E-state index contributed by atoms with van der Waals surface area (Å²) in [6.07, 6.45) is 7.71. The van der Waals surface area contributed by atoms with E-state index in [1.54, 1.807) is 13.3 Å². The summed E-state index contributed by atoms with van der Waals surface area (Å²) in [7, 11) is 1.63. The molecule has 0 aromatic carbocycles. The van der Waals surface area contributed by atoms with Crippen LogP contribution in [0.15, 0.2) is 18.3 Å². The molecule has 0 amide bonds. The fraction of sp³-hybridized carbons (Fsp3) is 0.643. The number of hydrogen-bond acceptors (Lipinski definition) is 4. The van der Waals surface area contributed by atoms with Gasteiger partial charge >= 0.3 is 0 Å². The summed E-state index contributed by atoms with van der Waals surface area (Å²) < 4.78 is 11.2. The molecule has 0 spiro atoms. The van der Waals surface area contributed by atoms with E-state index < -0.39 is 0 Å². The van der Waals surface area contributed by atoms with E-state index in [4.69, 9.17) is 15.2 Å². The van der Waals surface area contributed by atoms with Crippen LogP contribution in [-0.4, -0.2) is 24.2 Å². The lowest BCUT2D eigenvalue weighted by Crippen LogP contribution is -2.35. The molecule has 2 atom stereocenters. The predicted molar refractivity (Wildman–Crippen MR) is 70.4 cm³/mol. The van der Waals surface area contributed by atoms with Gasteiger partial charge in [-0.3, -0.25) is 0 Å². The summed E-state index contributed by atoms with van der Waals surface area (Å²) in [5, 5.41) is 0. The van der Waals surface area contributed by atoms with Gasteiger partial charge in [0.15, 0.2) is 0 Å². The Morgan fingerprint density at radius 1 is 1.33 bits per heavy atom. The van der Waals surface area contributed by atoms with Crippen molar-refractivity contribution in [2.75, 3.05) is 7.11 Å². The second-order valence-corrected chi connectivity index (χ2v) is 4.82. The summed E-state index contributed by atoms with van der Waals surface area (Å²) >= 11 is 0. The Bertz CT molecular complexity index is 371. The lowest BCUT2D eigenvalue weighted by molar-refractivity contribution is 0.0183. The van der Waals surface area contributed by atoms with Crippen LogP contribution in [-0.2, 0) is 11.3 Å². The first-order valence-corrected chi connectivity index (χ1v) is 6.66. The first-order valence-electron chi connectivity index (χ1n) is 6.66. The van der Waals surface area contributed by atoms with Gasteiger partial charge in [0, 0.05) is 17.8 Å². The van der Waals surface area contributed by atoms with Crippen LogP contribution in [0.3, 0.4) is 0 Å². The van der Waals surface area contributed by atoms with E-state index in [1.165, 1.54) is 19.3 Å². The second-order valence-electron chi connectivity index (χ2n) is 4.82. The molecule has 1 fully saturated rings. The topological polar surface area (TPSA) is 57.4 Å². The lowest BCUT2D eigenvalue weighted by atomic mass is 10.1. The quantitative estimate of drug-likeness (QED) is 0.833. The Kier molecular flexibility index (Phi) is 4.96. The Balaban J connectivity index is 1.93. The maximum absolute atomic E-state index is 6.14. The maximum atomic E-state index is 6.14.